The molecule has 1 saturated carbocycles. The fraction of sp³-hybridized carbons (Fsp3) is 0.677. The molecule has 4 N–H and O–H groups in total. The summed E-state index contributed by atoms with van der Waals surface area (Å²) >= 11 is 0. The number of aromatic nitrogens is 3. The SMILES string of the molecule is COC1CN(C(=O)C2CCN(c3c(F)cncc3NC(=O)c3c(N)nn4c3NCC(F)C43CCCCCCCCC3)CC2)C1. The van der Waals surface area contributed by atoms with Gasteiger partial charge in [0.05, 0.1) is 29.7 Å². The number of fused-ring (bicyclic) bond motifs is 2. The molecule has 1 atom stereocenters. The summed E-state index contributed by atoms with van der Waals surface area (Å²) in [4.78, 5) is 34.4. The lowest BCUT2D eigenvalue weighted by Gasteiger charge is -2.42. The Morgan fingerprint density at radius 1 is 1.07 bits per heavy atom. The molecule has 3 aliphatic heterocycles. The van der Waals surface area contributed by atoms with Crippen LogP contribution in [0.2, 0.25) is 0 Å². The monoisotopic (exact) mass is 614 g/mol. The summed E-state index contributed by atoms with van der Waals surface area (Å²) in [5, 5.41) is 10.4. The molecule has 2 aromatic heterocycles. The molecule has 6 rings (SSSR count). The van der Waals surface area contributed by atoms with Crippen molar-refractivity contribution in [3.05, 3.63) is 23.8 Å². The summed E-state index contributed by atoms with van der Waals surface area (Å²) in [6.45, 7) is 2.18. The predicted octanol–water partition coefficient (Wildman–Crippen LogP) is 4.31. The van der Waals surface area contributed by atoms with Crippen molar-refractivity contribution in [2.75, 3.05) is 61.1 Å². The summed E-state index contributed by atoms with van der Waals surface area (Å²) < 4.78 is 38.0. The second kappa shape index (κ2) is 12.9. The van der Waals surface area contributed by atoms with Crippen molar-refractivity contribution in [3.8, 4) is 0 Å². The Morgan fingerprint density at radius 2 is 1.73 bits per heavy atom. The number of likely N-dealkylation sites (tertiary alicyclic amines) is 1. The summed E-state index contributed by atoms with van der Waals surface area (Å²) in [7, 11) is 1.65. The predicted molar refractivity (Wildman–Crippen MR) is 164 cm³/mol. The van der Waals surface area contributed by atoms with Gasteiger partial charge in [-0.25, -0.2) is 13.5 Å². The number of nitrogens with one attached hydrogen (secondary N) is 2. The number of methoxy groups -OCH3 is 1. The van der Waals surface area contributed by atoms with E-state index in [-0.39, 0.29) is 47.2 Å². The first-order valence-electron chi connectivity index (χ1n) is 16.1. The van der Waals surface area contributed by atoms with Crippen LogP contribution >= 0.6 is 0 Å². The molecule has 1 unspecified atom stereocenters. The number of ether oxygens (including phenoxy) is 1. The van der Waals surface area contributed by atoms with Gasteiger partial charge in [0.15, 0.2) is 11.6 Å². The molecule has 11 nitrogen and oxygen atoms in total. The van der Waals surface area contributed by atoms with Gasteiger partial charge in [-0.3, -0.25) is 14.6 Å². The van der Waals surface area contributed by atoms with Crippen molar-refractivity contribution in [1.82, 2.24) is 19.7 Å². The zero-order valence-corrected chi connectivity index (χ0v) is 25.5. The van der Waals surface area contributed by atoms with Crippen molar-refractivity contribution in [2.24, 2.45) is 5.92 Å². The van der Waals surface area contributed by atoms with E-state index in [1.165, 1.54) is 12.6 Å². The number of hydrogen-bond donors (Lipinski definition) is 3. The van der Waals surface area contributed by atoms with E-state index in [9.17, 15) is 9.59 Å². The highest BCUT2D eigenvalue weighted by Crippen LogP contribution is 2.44. The molecule has 0 bridgehead atoms. The Hall–Kier alpha value is -3.48. The van der Waals surface area contributed by atoms with Crippen LogP contribution in [0, 0.1) is 11.7 Å². The lowest BCUT2D eigenvalue weighted by Crippen LogP contribution is -2.57. The average molecular weight is 615 g/mol. The van der Waals surface area contributed by atoms with E-state index in [2.05, 4.69) is 20.7 Å². The highest BCUT2D eigenvalue weighted by Gasteiger charge is 2.47. The maximum absolute atomic E-state index is 15.8. The third-order valence-corrected chi connectivity index (χ3v) is 10.1. The number of rotatable bonds is 5. The van der Waals surface area contributed by atoms with E-state index in [1.54, 1.807) is 11.8 Å². The Balaban J connectivity index is 1.20. The smallest absolute Gasteiger partial charge is 0.263 e. The average Bonchev–Trinajstić information content (AvgIpc) is 3.34. The van der Waals surface area contributed by atoms with Gasteiger partial charge >= 0.3 is 0 Å². The van der Waals surface area contributed by atoms with Crippen LogP contribution in [0.5, 0.6) is 0 Å². The summed E-state index contributed by atoms with van der Waals surface area (Å²) in [6.07, 6.45) is 11.2. The summed E-state index contributed by atoms with van der Waals surface area (Å²) in [5.41, 5.74) is 6.04. The number of halogens is 2. The number of piperidine rings is 1. The molecular weight excluding hydrogens is 570 g/mol. The molecule has 0 aromatic carbocycles. The van der Waals surface area contributed by atoms with E-state index in [0.29, 0.717) is 57.7 Å². The molecule has 2 amide bonds. The van der Waals surface area contributed by atoms with Crippen molar-refractivity contribution in [3.63, 3.8) is 0 Å². The number of anilines is 4. The van der Waals surface area contributed by atoms with Crippen LogP contribution in [0.4, 0.5) is 31.8 Å². The van der Waals surface area contributed by atoms with Gasteiger partial charge in [0.25, 0.3) is 5.91 Å². The highest BCUT2D eigenvalue weighted by atomic mass is 19.1. The van der Waals surface area contributed by atoms with Gasteiger partial charge in [-0.2, -0.15) is 5.10 Å². The molecule has 44 heavy (non-hydrogen) atoms. The number of amides is 2. The van der Waals surface area contributed by atoms with Crippen LogP contribution in [0.25, 0.3) is 0 Å². The maximum atomic E-state index is 15.8. The van der Waals surface area contributed by atoms with Crippen LogP contribution in [0.1, 0.15) is 81.0 Å². The number of carbonyl (C=O) groups is 2. The largest absolute Gasteiger partial charge is 0.381 e. The van der Waals surface area contributed by atoms with Crippen molar-refractivity contribution in [1.29, 1.82) is 0 Å². The topological polar surface area (TPSA) is 131 Å². The molecule has 13 heteroatoms. The molecule has 4 aliphatic rings. The normalized spacial score (nSPS) is 23.0. The fourth-order valence-electron chi connectivity index (χ4n) is 7.45. The lowest BCUT2D eigenvalue weighted by atomic mass is 9.80. The second-order valence-electron chi connectivity index (χ2n) is 12.8. The maximum Gasteiger partial charge on any atom is 0.263 e. The highest BCUT2D eigenvalue weighted by molar-refractivity contribution is 6.12. The minimum absolute atomic E-state index is 0.00233. The number of hydrogen-bond acceptors (Lipinski definition) is 8. The second-order valence-corrected chi connectivity index (χ2v) is 12.8. The minimum Gasteiger partial charge on any atom is -0.381 e. The summed E-state index contributed by atoms with van der Waals surface area (Å²) in [6, 6.07) is 0. The number of carbonyl (C=O) groups excluding carboxylic acids is 2. The van der Waals surface area contributed by atoms with E-state index in [4.69, 9.17) is 10.5 Å². The number of pyridine rings is 1. The van der Waals surface area contributed by atoms with Crippen molar-refractivity contribution in [2.45, 2.75) is 88.4 Å². The number of alkyl halides is 1. The molecule has 0 radical (unpaired) electrons. The van der Waals surface area contributed by atoms with Gasteiger partial charge in [-0.05, 0) is 25.7 Å². The van der Waals surface area contributed by atoms with Crippen LogP contribution < -0.4 is 21.3 Å². The minimum atomic E-state index is -1.17. The molecular formula is C31H44F2N8O3. The van der Waals surface area contributed by atoms with E-state index >= 15 is 8.78 Å². The molecule has 240 valence electrons. The zero-order chi connectivity index (χ0) is 30.8. The Morgan fingerprint density at radius 3 is 2.39 bits per heavy atom. The molecule has 2 aromatic rings. The lowest BCUT2D eigenvalue weighted by molar-refractivity contribution is -0.148. The molecule has 1 aliphatic carbocycles. The Kier molecular flexibility index (Phi) is 8.93. The molecule has 3 fully saturated rings. The van der Waals surface area contributed by atoms with Crippen molar-refractivity contribution < 1.29 is 23.1 Å². The van der Waals surface area contributed by atoms with Gasteiger partial charge in [0, 0.05) is 45.8 Å². The van der Waals surface area contributed by atoms with E-state index < -0.39 is 23.4 Å². The van der Waals surface area contributed by atoms with Gasteiger partial charge in [0.1, 0.15) is 23.2 Å². The number of nitrogens with two attached hydrogens (primary N) is 1. The molecule has 1 spiro atoms. The summed E-state index contributed by atoms with van der Waals surface area (Å²) in [5.74, 6) is -0.750. The number of nitrogen functional groups attached to an aromatic ring is 1. The van der Waals surface area contributed by atoms with Gasteiger partial charge in [-0.1, -0.05) is 44.9 Å². The van der Waals surface area contributed by atoms with Gasteiger partial charge in [-0.15, -0.1) is 0 Å². The third kappa shape index (κ3) is 5.70. The molecule has 2 saturated heterocycles. The van der Waals surface area contributed by atoms with Crippen LogP contribution in [0.15, 0.2) is 12.4 Å². The first kappa shape index (κ1) is 30.5. The zero-order valence-electron chi connectivity index (χ0n) is 25.5. The molecule has 5 heterocycles. The van der Waals surface area contributed by atoms with Gasteiger partial charge in [0.2, 0.25) is 5.91 Å². The van der Waals surface area contributed by atoms with Crippen LogP contribution in [-0.4, -0.2) is 83.6 Å². The Labute approximate surface area is 256 Å². The van der Waals surface area contributed by atoms with Crippen LogP contribution in [0.3, 0.4) is 0 Å². The van der Waals surface area contributed by atoms with E-state index in [1.807, 2.05) is 9.80 Å². The van der Waals surface area contributed by atoms with E-state index in [0.717, 1.165) is 44.7 Å². The third-order valence-electron chi connectivity index (χ3n) is 10.1. The quantitative estimate of drug-likeness (QED) is 0.454. The number of nitrogens with zero attached hydrogens (tertiary/aromatic N) is 5. The Bertz CT molecular complexity index is 1350. The fourth-order valence-corrected chi connectivity index (χ4v) is 7.45. The van der Waals surface area contributed by atoms with Crippen LogP contribution in [-0.2, 0) is 15.1 Å². The first-order chi connectivity index (χ1) is 21.3. The first-order valence-corrected chi connectivity index (χ1v) is 16.1. The van der Waals surface area contributed by atoms with Crippen molar-refractivity contribution >= 4 is 34.8 Å². The standard InChI is InChI=1S/C31H44F2N8O3/c1-44-21-18-40(19-21)30(43)20-9-13-39(14-10-20)26-22(32)15-35-16-23(26)37-29(42)25-27(34)38-41-28(25)36-17-24(33)31(41)11-7-5-3-2-4-6-8-12-31/h15-16,20-21,24,36H,2-14,17-19H2,1H3,(H2,34,38)(H,37,42). The van der Waals surface area contributed by atoms with Gasteiger partial charge < -0.3 is 30.9 Å².